The van der Waals surface area contributed by atoms with E-state index in [1.807, 2.05) is 6.20 Å². The molecule has 2 aromatic rings. The van der Waals surface area contributed by atoms with Crippen molar-refractivity contribution in [3.63, 3.8) is 0 Å². The fourth-order valence-corrected chi connectivity index (χ4v) is 2.12. The third-order valence-corrected chi connectivity index (χ3v) is 3.07. The Morgan fingerprint density at radius 2 is 1.94 bits per heavy atom. The molecule has 0 bridgehead atoms. The highest BCUT2D eigenvalue weighted by Crippen LogP contribution is 2.30. The molecule has 98 valence electrons. The Hall–Kier alpha value is -1.65. The van der Waals surface area contributed by atoms with Gasteiger partial charge < -0.3 is 4.52 Å². The number of H-pyrrole nitrogens is 1. The van der Waals surface area contributed by atoms with Gasteiger partial charge in [0, 0.05) is 16.5 Å². The van der Waals surface area contributed by atoms with Gasteiger partial charge in [0.25, 0.3) is 0 Å². The van der Waals surface area contributed by atoms with Gasteiger partial charge >= 0.3 is 0 Å². The lowest BCUT2D eigenvalue weighted by atomic mass is 9.81. The molecular weight excluding hydrogens is 228 g/mol. The monoisotopic (exact) mass is 248 g/mol. The normalized spacial score (nSPS) is 12.9. The molecule has 2 rings (SSSR count). The van der Waals surface area contributed by atoms with Crippen molar-refractivity contribution in [1.29, 1.82) is 0 Å². The molecule has 0 aromatic carbocycles. The third-order valence-electron chi connectivity index (χ3n) is 3.07. The SMILES string of the molecule is CC(C)(C)c1[nH]ncc1CC(C)(C)c1ncon1. The van der Waals surface area contributed by atoms with E-state index in [-0.39, 0.29) is 10.8 Å². The van der Waals surface area contributed by atoms with E-state index in [2.05, 4.69) is 55.0 Å². The van der Waals surface area contributed by atoms with Gasteiger partial charge in [0.1, 0.15) is 0 Å². The molecule has 0 amide bonds. The second-order valence-electron chi connectivity index (χ2n) is 6.34. The van der Waals surface area contributed by atoms with E-state index >= 15 is 0 Å². The van der Waals surface area contributed by atoms with Crippen LogP contribution in [-0.2, 0) is 17.3 Å². The van der Waals surface area contributed by atoms with Gasteiger partial charge in [0.15, 0.2) is 5.82 Å². The van der Waals surface area contributed by atoms with Crippen LogP contribution in [0.4, 0.5) is 0 Å². The Kier molecular flexibility index (Phi) is 3.00. The quantitative estimate of drug-likeness (QED) is 0.906. The van der Waals surface area contributed by atoms with Crippen LogP contribution in [0.15, 0.2) is 17.1 Å². The summed E-state index contributed by atoms with van der Waals surface area (Å²) in [6.45, 7) is 10.7. The first-order valence-electron chi connectivity index (χ1n) is 6.10. The zero-order valence-electron chi connectivity index (χ0n) is 11.6. The van der Waals surface area contributed by atoms with E-state index in [0.29, 0.717) is 0 Å². The Balaban J connectivity index is 2.28. The maximum Gasteiger partial charge on any atom is 0.213 e. The summed E-state index contributed by atoms with van der Waals surface area (Å²) < 4.78 is 4.83. The second kappa shape index (κ2) is 4.23. The van der Waals surface area contributed by atoms with Crippen molar-refractivity contribution in [3.05, 3.63) is 29.7 Å². The largest absolute Gasteiger partial charge is 0.343 e. The van der Waals surface area contributed by atoms with Crippen molar-refractivity contribution in [3.8, 4) is 0 Å². The molecule has 5 nitrogen and oxygen atoms in total. The number of hydrogen-bond donors (Lipinski definition) is 1. The van der Waals surface area contributed by atoms with Crippen LogP contribution in [0.2, 0.25) is 0 Å². The summed E-state index contributed by atoms with van der Waals surface area (Å²) in [6.07, 6.45) is 4.09. The highest BCUT2D eigenvalue weighted by Gasteiger charge is 2.29. The Bertz CT molecular complexity index is 505. The Labute approximate surface area is 107 Å². The van der Waals surface area contributed by atoms with Crippen LogP contribution in [0.1, 0.15) is 51.7 Å². The molecule has 0 radical (unpaired) electrons. The Morgan fingerprint density at radius 1 is 1.22 bits per heavy atom. The minimum Gasteiger partial charge on any atom is -0.343 e. The van der Waals surface area contributed by atoms with E-state index in [9.17, 15) is 0 Å². The van der Waals surface area contributed by atoms with Gasteiger partial charge in [-0.05, 0) is 12.0 Å². The van der Waals surface area contributed by atoms with Gasteiger partial charge in [-0.15, -0.1) is 0 Å². The third kappa shape index (κ3) is 2.44. The zero-order valence-corrected chi connectivity index (χ0v) is 11.6. The number of aromatic nitrogens is 4. The molecular formula is C13H20N4O. The van der Waals surface area contributed by atoms with E-state index in [1.54, 1.807) is 0 Å². The molecule has 0 spiro atoms. The zero-order chi connectivity index (χ0) is 13.4. The predicted octanol–water partition coefficient (Wildman–Crippen LogP) is 2.61. The van der Waals surface area contributed by atoms with Gasteiger partial charge in [0.05, 0.1) is 6.20 Å². The van der Waals surface area contributed by atoms with Crippen LogP contribution < -0.4 is 0 Å². The number of hydrogen-bond acceptors (Lipinski definition) is 4. The standard InChI is InChI=1S/C13H20N4O/c1-12(2,3)10-9(7-15-16-10)6-13(4,5)11-14-8-18-17-11/h7-8H,6H2,1-5H3,(H,15,16). The molecule has 0 atom stereocenters. The highest BCUT2D eigenvalue weighted by molar-refractivity contribution is 5.26. The smallest absolute Gasteiger partial charge is 0.213 e. The summed E-state index contributed by atoms with van der Waals surface area (Å²) in [5.41, 5.74) is 2.26. The molecule has 5 heteroatoms. The number of nitrogens with zero attached hydrogens (tertiary/aromatic N) is 3. The van der Waals surface area contributed by atoms with Gasteiger partial charge in [0.2, 0.25) is 6.39 Å². The van der Waals surface area contributed by atoms with Crippen molar-refractivity contribution >= 4 is 0 Å². The minimum atomic E-state index is -0.170. The van der Waals surface area contributed by atoms with E-state index < -0.39 is 0 Å². The van der Waals surface area contributed by atoms with Crippen LogP contribution in [0.5, 0.6) is 0 Å². The van der Waals surface area contributed by atoms with Crippen LogP contribution in [0.25, 0.3) is 0 Å². The first-order valence-corrected chi connectivity index (χ1v) is 6.10. The average molecular weight is 248 g/mol. The second-order valence-corrected chi connectivity index (χ2v) is 6.34. The minimum absolute atomic E-state index is 0.0547. The fourth-order valence-electron chi connectivity index (χ4n) is 2.12. The fraction of sp³-hybridized carbons (Fsp3) is 0.615. The van der Waals surface area contributed by atoms with Crippen LogP contribution in [0, 0.1) is 0 Å². The van der Waals surface area contributed by atoms with E-state index in [4.69, 9.17) is 4.52 Å². The lowest BCUT2D eigenvalue weighted by Crippen LogP contribution is -2.24. The molecule has 2 heterocycles. The van der Waals surface area contributed by atoms with Crippen molar-refractivity contribution in [1.82, 2.24) is 20.3 Å². The molecule has 0 saturated heterocycles. The maximum atomic E-state index is 4.83. The Morgan fingerprint density at radius 3 is 2.50 bits per heavy atom. The van der Waals surface area contributed by atoms with Crippen LogP contribution >= 0.6 is 0 Å². The van der Waals surface area contributed by atoms with Crippen molar-refractivity contribution < 1.29 is 4.52 Å². The highest BCUT2D eigenvalue weighted by atomic mass is 16.5. The van der Waals surface area contributed by atoms with E-state index in [1.165, 1.54) is 17.7 Å². The molecule has 1 N–H and O–H groups in total. The van der Waals surface area contributed by atoms with Crippen LogP contribution in [-0.4, -0.2) is 20.3 Å². The summed E-state index contributed by atoms with van der Waals surface area (Å²) in [4.78, 5) is 4.15. The molecule has 0 fully saturated rings. The van der Waals surface area contributed by atoms with Gasteiger partial charge in [-0.25, -0.2) is 0 Å². The molecule has 0 aliphatic heterocycles. The molecule has 2 aromatic heterocycles. The average Bonchev–Trinajstić information content (AvgIpc) is 2.83. The van der Waals surface area contributed by atoms with Gasteiger partial charge in [-0.2, -0.15) is 10.1 Å². The number of rotatable bonds is 3. The maximum absolute atomic E-state index is 4.83. The lowest BCUT2D eigenvalue weighted by molar-refractivity contribution is 0.383. The predicted molar refractivity (Wildman–Crippen MR) is 68.3 cm³/mol. The van der Waals surface area contributed by atoms with E-state index in [0.717, 1.165) is 12.2 Å². The van der Waals surface area contributed by atoms with Crippen molar-refractivity contribution in [2.24, 2.45) is 0 Å². The topological polar surface area (TPSA) is 67.6 Å². The first-order chi connectivity index (χ1) is 8.31. The molecule has 18 heavy (non-hydrogen) atoms. The lowest BCUT2D eigenvalue weighted by Gasteiger charge is -2.24. The molecule has 0 aliphatic rings. The number of nitrogens with one attached hydrogen (secondary N) is 1. The first kappa shape index (κ1) is 12.8. The van der Waals surface area contributed by atoms with Gasteiger partial charge in [-0.1, -0.05) is 39.8 Å². The summed E-state index contributed by atoms with van der Waals surface area (Å²) >= 11 is 0. The molecule has 0 saturated carbocycles. The van der Waals surface area contributed by atoms with Crippen molar-refractivity contribution in [2.45, 2.75) is 51.9 Å². The van der Waals surface area contributed by atoms with Gasteiger partial charge in [-0.3, -0.25) is 5.10 Å². The number of aromatic amines is 1. The molecule has 0 unspecified atom stereocenters. The summed E-state index contributed by atoms with van der Waals surface area (Å²) in [6, 6.07) is 0. The van der Waals surface area contributed by atoms with Crippen molar-refractivity contribution in [2.75, 3.05) is 0 Å². The molecule has 0 aliphatic carbocycles. The summed E-state index contributed by atoms with van der Waals surface area (Å²) in [5.74, 6) is 0.726. The van der Waals surface area contributed by atoms with Crippen LogP contribution in [0.3, 0.4) is 0 Å². The summed E-state index contributed by atoms with van der Waals surface area (Å²) in [5, 5.41) is 11.2. The summed E-state index contributed by atoms with van der Waals surface area (Å²) in [7, 11) is 0.